The van der Waals surface area contributed by atoms with Crippen LogP contribution in [0, 0.1) is 0 Å². The summed E-state index contributed by atoms with van der Waals surface area (Å²) in [6, 6.07) is 7.41. The SMILES string of the molecule is COc1c2c(cc3c1C(CC(=O)c1ccc4c(c1)OCCO4)[N+](C)(C)CC3)OCO2. The van der Waals surface area contributed by atoms with Crippen molar-refractivity contribution >= 4 is 5.78 Å². The molecule has 3 aliphatic heterocycles. The first-order valence-electron chi connectivity index (χ1n) is 10.2. The topological polar surface area (TPSA) is 63.2 Å². The largest absolute Gasteiger partial charge is 0.492 e. The summed E-state index contributed by atoms with van der Waals surface area (Å²) in [5, 5.41) is 0. The Morgan fingerprint density at radius 1 is 1.07 bits per heavy atom. The molecule has 7 nitrogen and oxygen atoms in total. The highest BCUT2D eigenvalue weighted by Gasteiger charge is 2.42. The van der Waals surface area contributed by atoms with Crippen molar-refractivity contribution in [2.24, 2.45) is 0 Å². The standard InChI is InChI=1S/C23H26NO6/c1-24(2)7-6-15-11-20-22(30-13-29-20)23(26-3)21(15)16(24)12-17(25)14-4-5-18-19(10-14)28-9-8-27-18/h4-5,10-11,16H,6-9,12-13H2,1-3H3/q+1. The molecular formula is C23H26NO6+. The molecule has 0 aliphatic carbocycles. The van der Waals surface area contributed by atoms with Crippen molar-refractivity contribution in [1.29, 1.82) is 0 Å². The third-order valence-corrected chi connectivity index (χ3v) is 6.33. The molecule has 0 fully saturated rings. The maximum Gasteiger partial charge on any atom is 0.231 e. The van der Waals surface area contributed by atoms with Gasteiger partial charge in [0.1, 0.15) is 19.3 Å². The van der Waals surface area contributed by atoms with Gasteiger partial charge in [-0.25, -0.2) is 0 Å². The van der Waals surface area contributed by atoms with Gasteiger partial charge in [0, 0.05) is 12.0 Å². The molecular weight excluding hydrogens is 386 g/mol. The average Bonchev–Trinajstić information content (AvgIpc) is 3.22. The molecule has 2 aromatic carbocycles. The van der Waals surface area contributed by atoms with Crippen molar-refractivity contribution in [3.05, 3.63) is 41.0 Å². The fourth-order valence-corrected chi connectivity index (χ4v) is 4.63. The molecule has 3 heterocycles. The van der Waals surface area contributed by atoms with Gasteiger partial charge >= 0.3 is 0 Å². The van der Waals surface area contributed by atoms with Crippen LogP contribution in [0.5, 0.6) is 28.7 Å². The minimum atomic E-state index is -0.0566. The molecule has 0 radical (unpaired) electrons. The average molecular weight is 412 g/mol. The molecule has 5 rings (SSSR count). The first-order valence-corrected chi connectivity index (χ1v) is 10.2. The molecule has 0 saturated heterocycles. The lowest BCUT2D eigenvalue weighted by atomic mass is 9.86. The second-order valence-corrected chi connectivity index (χ2v) is 8.47. The summed E-state index contributed by atoms with van der Waals surface area (Å²) < 4.78 is 29.0. The second kappa shape index (κ2) is 7.09. The highest BCUT2D eigenvalue weighted by molar-refractivity contribution is 5.97. The van der Waals surface area contributed by atoms with E-state index in [9.17, 15) is 4.79 Å². The van der Waals surface area contributed by atoms with Crippen LogP contribution in [-0.2, 0) is 6.42 Å². The van der Waals surface area contributed by atoms with Crippen LogP contribution in [0.1, 0.15) is 33.9 Å². The lowest BCUT2D eigenvalue weighted by Crippen LogP contribution is -2.48. The molecule has 0 N–H and O–H groups in total. The Bertz CT molecular complexity index is 1020. The quantitative estimate of drug-likeness (QED) is 0.568. The van der Waals surface area contributed by atoms with Crippen LogP contribution in [0.15, 0.2) is 24.3 Å². The Morgan fingerprint density at radius 2 is 1.87 bits per heavy atom. The Kier molecular flexibility index (Phi) is 4.50. The summed E-state index contributed by atoms with van der Waals surface area (Å²) in [5.74, 6) is 3.42. The predicted molar refractivity (Wildman–Crippen MR) is 109 cm³/mol. The Morgan fingerprint density at radius 3 is 2.67 bits per heavy atom. The lowest BCUT2D eigenvalue weighted by molar-refractivity contribution is -0.922. The number of ketones is 1. The van der Waals surface area contributed by atoms with E-state index in [4.69, 9.17) is 23.7 Å². The molecule has 0 aromatic heterocycles. The van der Waals surface area contributed by atoms with Gasteiger partial charge in [0.15, 0.2) is 28.8 Å². The van der Waals surface area contributed by atoms with Crippen LogP contribution >= 0.6 is 0 Å². The lowest BCUT2D eigenvalue weighted by Gasteiger charge is -2.43. The Labute approximate surface area is 175 Å². The molecule has 0 spiro atoms. The van der Waals surface area contributed by atoms with Gasteiger partial charge in [0.05, 0.1) is 39.7 Å². The van der Waals surface area contributed by atoms with Crippen LogP contribution in [0.25, 0.3) is 0 Å². The molecule has 3 aliphatic rings. The highest BCUT2D eigenvalue weighted by atomic mass is 16.7. The van der Waals surface area contributed by atoms with Crippen molar-refractivity contribution in [1.82, 2.24) is 0 Å². The van der Waals surface area contributed by atoms with Gasteiger partial charge in [-0.2, -0.15) is 0 Å². The van der Waals surface area contributed by atoms with Crippen molar-refractivity contribution < 1.29 is 33.0 Å². The van der Waals surface area contributed by atoms with E-state index in [-0.39, 0.29) is 18.6 Å². The highest BCUT2D eigenvalue weighted by Crippen LogP contribution is 2.51. The van der Waals surface area contributed by atoms with Gasteiger partial charge in [-0.15, -0.1) is 0 Å². The predicted octanol–water partition coefficient (Wildman–Crippen LogP) is 3.14. The van der Waals surface area contributed by atoms with Gasteiger partial charge < -0.3 is 28.2 Å². The van der Waals surface area contributed by atoms with E-state index < -0.39 is 0 Å². The zero-order valence-electron chi connectivity index (χ0n) is 17.5. The molecule has 2 aromatic rings. The molecule has 1 atom stereocenters. The van der Waals surface area contributed by atoms with Crippen molar-refractivity contribution in [2.75, 3.05) is 47.8 Å². The first kappa shape index (κ1) is 19.1. The number of carbonyl (C=O) groups excluding carboxylic acids is 1. The van der Waals surface area contributed by atoms with E-state index in [2.05, 4.69) is 14.1 Å². The molecule has 1 unspecified atom stereocenters. The number of nitrogens with zero attached hydrogens (tertiary/aromatic N) is 1. The summed E-state index contributed by atoms with van der Waals surface area (Å²) in [6.07, 6.45) is 1.25. The number of carbonyl (C=O) groups is 1. The van der Waals surface area contributed by atoms with E-state index >= 15 is 0 Å². The van der Waals surface area contributed by atoms with Crippen LogP contribution in [0.4, 0.5) is 0 Å². The molecule has 0 saturated carbocycles. The molecule has 158 valence electrons. The first-order chi connectivity index (χ1) is 14.5. The van der Waals surface area contributed by atoms with Crippen molar-refractivity contribution in [2.45, 2.75) is 18.9 Å². The molecule has 0 amide bonds. The third-order valence-electron chi connectivity index (χ3n) is 6.33. The van der Waals surface area contributed by atoms with Crippen LogP contribution in [0.2, 0.25) is 0 Å². The molecule has 30 heavy (non-hydrogen) atoms. The van der Waals surface area contributed by atoms with Crippen LogP contribution in [-0.4, -0.2) is 58.0 Å². The van der Waals surface area contributed by atoms with Gasteiger partial charge in [0.2, 0.25) is 12.5 Å². The summed E-state index contributed by atoms with van der Waals surface area (Å²) in [6.45, 7) is 2.14. The minimum absolute atomic E-state index is 0.0566. The van der Waals surface area contributed by atoms with Gasteiger partial charge in [-0.05, 0) is 29.8 Å². The van der Waals surface area contributed by atoms with E-state index in [1.54, 1.807) is 13.2 Å². The maximum absolute atomic E-state index is 13.3. The number of likely N-dealkylation sites (N-methyl/N-ethyl adjacent to an activating group) is 1. The minimum Gasteiger partial charge on any atom is -0.492 e. The number of benzene rings is 2. The van der Waals surface area contributed by atoms with E-state index in [0.29, 0.717) is 52.7 Å². The molecule has 0 bridgehead atoms. The summed E-state index contributed by atoms with van der Waals surface area (Å²) >= 11 is 0. The Balaban J connectivity index is 1.52. The van der Waals surface area contributed by atoms with E-state index in [0.717, 1.165) is 29.8 Å². The number of methoxy groups -OCH3 is 1. The number of hydrogen-bond donors (Lipinski definition) is 0. The van der Waals surface area contributed by atoms with Gasteiger partial charge in [-0.3, -0.25) is 4.79 Å². The van der Waals surface area contributed by atoms with Gasteiger partial charge in [0.25, 0.3) is 0 Å². The van der Waals surface area contributed by atoms with Gasteiger partial charge in [-0.1, -0.05) is 0 Å². The number of rotatable bonds is 4. The van der Waals surface area contributed by atoms with Crippen LogP contribution in [0.3, 0.4) is 0 Å². The fourth-order valence-electron chi connectivity index (χ4n) is 4.63. The summed E-state index contributed by atoms with van der Waals surface area (Å²) in [4.78, 5) is 13.3. The molecule has 7 heteroatoms. The number of fused-ring (bicyclic) bond motifs is 3. The zero-order chi connectivity index (χ0) is 20.9. The summed E-state index contributed by atoms with van der Waals surface area (Å²) in [5.41, 5.74) is 2.84. The number of hydrogen-bond acceptors (Lipinski definition) is 6. The van der Waals surface area contributed by atoms with E-state index in [1.165, 1.54) is 0 Å². The van der Waals surface area contributed by atoms with Crippen LogP contribution < -0.4 is 23.7 Å². The Hall–Kier alpha value is -2.93. The normalized spacial score (nSPS) is 20.4. The smallest absolute Gasteiger partial charge is 0.231 e. The number of quaternary nitrogens is 1. The van der Waals surface area contributed by atoms with Crippen molar-refractivity contribution in [3.8, 4) is 28.7 Å². The fraction of sp³-hybridized carbons (Fsp3) is 0.435. The number of ether oxygens (including phenoxy) is 5. The summed E-state index contributed by atoms with van der Waals surface area (Å²) in [7, 11) is 5.97. The monoisotopic (exact) mass is 412 g/mol. The van der Waals surface area contributed by atoms with E-state index in [1.807, 2.05) is 18.2 Å². The number of Topliss-reactive ketones (excluding diaryl/α,β-unsaturated/α-hetero) is 1. The maximum atomic E-state index is 13.3. The third kappa shape index (κ3) is 3.04. The zero-order valence-corrected chi connectivity index (χ0v) is 17.5. The van der Waals surface area contributed by atoms with Crippen molar-refractivity contribution in [3.63, 3.8) is 0 Å². The second-order valence-electron chi connectivity index (χ2n) is 8.47.